The molecule has 1 fully saturated rings. The molecule has 4 heteroatoms. The van der Waals surface area contributed by atoms with Gasteiger partial charge in [0.1, 0.15) is 0 Å². The van der Waals surface area contributed by atoms with Gasteiger partial charge in [0, 0.05) is 6.42 Å². The van der Waals surface area contributed by atoms with E-state index in [2.05, 4.69) is 0 Å². The Bertz CT molecular complexity index is 108. The second-order valence-electron chi connectivity index (χ2n) is 2.68. The van der Waals surface area contributed by atoms with E-state index in [9.17, 15) is 0 Å². The normalized spacial score (nSPS) is 49.2. The van der Waals surface area contributed by atoms with Gasteiger partial charge in [-0.15, -0.1) is 0 Å². The Balaban J connectivity index is 2.49. The van der Waals surface area contributed by atoms with Crippen LogP contribution in [-0.2, 0) is 4.74 Å². The summed E-state index contributed by atoms with van der Waals surface area (Å²) in [6, 6.07) is -0.372. The topological polar surface area (TPSA) is 75.7 Å². The molecule has 1 aliphatic rings. The maximum absolute atomic E-state index is 9.15. The minimum absolute atomic E-state index is 0.214. The predicted octanol–water partition coefficient (Wildman–Crippen LogP) is -1.20. The van der Waals surface area contributed by atoms with E-state index in [-0.39, 0.29) is 18.6 Å². The Morgan fingerprint density at radius 2 is 2.10 bits per heavy atom. The maximum atomic E-state index is 9.15. The van der Waals surface area contributed by atoms with Gasteiger partial charge in [0.2, 0.25) is 0 Å². The second-order valence-corrected chi connectivity index (χ2v) is 2.68. The molecule has 0 bridgehead atoms. The van der Waals surface area contributed by atoms with Crippen LogP contribution in [0.2, 0.25) is 0 Å². The highest BCUT2D eigenvalue weighted by Gasteiger charge is 2.31. The fourth-order valence-electron chi connectivity index (χ4n) is 1.07. The highest BCUT2D eigenvalue weighted by atomic mass is 16.6. The number of aliphatic hydroxyl groups excluding tert-OH is 2. The van der Waals surface area contributed by atoms with E-state index in [1.165, 1.54) is 0 Å². The van der Waals surface area contributed by atoms with Crippen LogP contribution in [0.3, 0.4) is 0 Å². The molecule has 4 atom stereocenters. The summed E-state index contributed by atoms with van der Waals surface area (Å²) in [6.45, 7) is 1.73. The van der Waals surface area contributed by atoms with Crippen LogP contribution >= 0.6 is 0 Å². The lowest BCUT2D eigenvalue weighted by Crippen LogP contribution is -2.51. The lowest BCUT2D eigenvalue weighted by atomic mass is 10.0. The summed E-state index contributed by atoms with van der Waals surface area (Å²) < 4.78 is 4.94. The van der Waals surface area contributed by atoms with Crippen LogP contribution in [-0.4, -0.2) is 34.8 Å². The van der Waals surface area contributed by atoms with Crippen LogP contribution in [0, 0.1) is 0 Å². The van der Waals surface area contributed by atoms with Gasteiger partial charge in [-0.3, -0.25) is 0 Å². The summed E-state index contributed by atoms with van der Waals surface area (Å²) in [4.78, 5) is 0. The van der Waals surface area contributed by atoms with E-state index >= 15 is 0 Å². The molecular weight excluding hydrogens is 134 g/mol. The third-order valence-corrected chi connectivity index (χ3v) is 1.80. The lowest BCUT2D eigenvalue weighted by molar-refractivity contribution is -0.191. The molecule has 1 aliphatic heterocycles. The number of nitrogens with two attached hydrogens (primary N) is 1. The van der Waals surface area contributed by atoms with Crippen molar-refractivity contribution < 1.29 is 14.9 Å². The number of hydrogen-bond donors (Lipinski definition) is 3. The molecule has 4 nitrogen and oxygen atoms in total. The van der Waals surface area contributed by atoms with Gasteiger partial charge < -0.3 is 20.7 Å². The SMILES string of the molecule is C[C@H]1O[C@H](O)C[C@@H](O)[C@H]1N. The number of hydrogen-bond acceptors (Lipinski definition) is 4. The highest BCUT2D eigenvalue weighted by molar-refractivity contribution is 4.82. The first-order valence-corrected chi connectivity index (χ1v) is 3.38. The summed E-state index contributed by atoms with van der Waals surface area (Å²) in [7, 11) is 0. The molecule has 0 amide bonds. The highest BCUT2D eigenvalue weighted by Crippen LogP contribution is 2.16. The van der Waals surface area contributed by atoms with Gasteiger partial charge in [-0.25, -0.2) is 0 Å². The number of ether oxygens (including phenoxy) is 1. The molecule has 0 aromatic rings. The first-order valence-electron chi connectivity index (χ1n) is 3.38. The van der Waals surface area contributed by atoms with Gasteiger partial charge in [0.15, 0.2) is 6.29 Å². The summed E-state index contributed by atoms with van der Waals surface area (Å²) in [5, 5.41) is 18.1. The fourth-order valence-corrected chi connectivity index (χ4v) is 1.07. The van der Waals surface area contributed by atoms with Crippen molar-refractivity contribution in [2.75, 3.05) is 0 Å². The third-order valence-electron chi connectivity index (χ3n) is 1.80. The van der Waals surface area contributed by atoms with Gasteiger partial charge in [0.05, 0.1) is 18.2 Å². The number of aliphatic hydroxyl groups is 2. The largest absolute Gasteiger partial charge is 0.391 e. The van der Waals surface area contributed by atoms with Gasteiger partial charge in [-0.05, 0) is 6.92 Å². The van der Waals surface area contributed by atoms with Crippen LogP contribution in [0.25, 0.3) is 0 Å². The quantitative estimate of drug-likeness (QED) is 0.402. The van der Waals surface area contributed by atoms with Crippen molar-refractivity contribution in [3.8, 4) is 0 Å². The van der Waals surface area contributed by atoms with Crippen molar-refractivity contribution in [3.63, 3.8) is 0 Å². The molecule has 10 heavy (non-hydrogen) atoms. The summed E-state index contributed by atoms with van der Waals surface area (Å²) in [5.74, 6) is 0. The molecule has 0 aliphatic carbocycles. The van der Waals surface area contributed by atoms with Gasteiger partial charge in [-0.1, -0.05) is 0 Å². The van der Waals surface area contributed by atoms with E-state index in [0.717, 1.165) is 0 Å². The molecule has 60 valence electrons. The van der Waals surface area contributed by atoms with Crippen molar-refractivity contribution in [1.29, 1.82) is 0 Å². The Labute approximate surface area is 59.6 Å². The van der Waals surface area contributed by atoms with Gasteiger partial charge in [-0.2, -0.15) is 0 Å². The molecule has 1 rings (SSSR count). The molecule has 1 saturated heterocycles. The molecule has 0 aromatic carbocycles. The minimum atomic E-state index is -0.857. The molecule has 4 N–H and O–H groups in total. The van der Waals surface area contributed by atoms with Crippen molar-refractivity contribution in [2.45, 2.75) is 37.9 Å². The van der Waals surface area contributed by atoms with Crippen molar-refractivity contribution >= 4 is 0 Å². The van der Waals surface area contributed by atoms with E-state index in [1.807, 2.05) is 0 Å². The van der Waals surface area contributed by atoms with Crippen LogP contribution < -0.4 is 5.73 Å². The van der Waals surface area contributed by atoms with E-state index in [0.29, 0.717) is 0 Å². The Morgan fingerprint density at radius 1 is 1.50 bits per heavy atom. The molecule has 0 spiro atoms. The molecule has 0 saturated carbocycles. The monoisotopic (exact) mass is 147 g/mol. The Hall–Kier alpha value is -0.160. The molecule has 0 unspecified atom stereocenters. The van der Waals surface area contributed by atoms with Crippen LogP contribution in [0.15, 0.2) is 0 Å². The predicted molar refractivity (Wildman–Crippen MR) is 35.2 cm³/mol. The summed E-state index contributed by atoms with van der Waals surface area (Å²) >= 11 is 0. The van der Waals surface area contributed by atoms with Crippen molar-refractivity contribution in [3.05, 3.63) is 0 Å². The average molecular weight is 147 g/mol. The van der Waals surface area contributed by atoms with Gasteiger partial charge in [0.25, 0.3) is 0 Å². The van der Waals surface area contributed by atoms with E-state index in [1.54, 1.807) is 6.92 Å². The average Bonchev–Trinajstić information content (AvgIpc) is 1.82. The van der Waals surface area contributed by atoms with Crippen molar-refractivity contribution in [2.24, 2.45) is 5.73 Å². The first-order chi connectivity index (χ1) is 4.61. The fraction of sp³-hybridized carbons (Fsp3) is 1.00. The molecule has 0 radical (unpaired) electrons. The third kappa shape index (κ3) is 1.46. The summed E-state index contributed by atoms with van der Waals surface area (Å²) in [5.41, 5.74) is 5.50. The molecular formula is C6H13NO3. The van der Waals surface area contributed by atoms with Crippen LogP contribution in [0.1, 0.15) is 13.3 Å². The number of rotatable bonds is 0. The first kappa shape index (κ1) is 7.94. The van der Waals surface area contributed by atoms with E-state index < -0.39 is 12.4 Å². The summed E-state index contributed by atoms with van der Waals surface area (Å²) in [6.07, 6.45) is -1.55. The van der Waals surface area contributed by atoms with Crippen LogP contribution in [0.5, 0.6) is 0 Å². The second kappa shape index (κ2) is 2.84. The lowest BCUT2D eigenvalue weighted by Gasteiger charge is -2.33. The Kier molecular flexibility index (Phi) is 2.25. The maximum Gasteiger partial charge on any atom is 0.157 e. The molecule has 1 heterocycles. The zero-order valence-corrected chi connectivity index (χ0v) is 5.90. The Morgan fingerprint density at radius 3 is 2.60 bits per heavy atom. The van der Waals surface area contributed by atoms with Crippen LogP contribution in [0.4, 0.5) is 0 Å². The zero-order chi connectivity index (χ0) is 7.72. The zero-order valence-electron chi connectivity index (χ0n) is 5.90. The van der Waals surface area contributed by atoms with E-state index in [4.69, 9.17) is 20.7 Å². The standard InChI is InChI=1S/C6H13NO3/c1-3-6(7)4(8)2-5(9)10-3/h3-6,8-9H,2,7H2,1H3/t3-,4-,5+,6+/m1/s1. The smallest absolute Gasteiger partial charge is 0.157 e. The molecule has 0 aromatic heterocycles. The van der Waals surface area contributed by atoms with Gasteiger partial charge >= 0.3 is 0 Å². The van der Waals surface area contributed by atoms with Crippen molar-refractivity contribution in [1.82, 2.24) is 0 Å². The minimum Gasteiger partial charge on any atom is -0.391 e.